The zero-order valence-corrected chi connectivity index (χ0v) is 14.5. The normalized spacial score (nSPS) is 26.9. The van der Waals surface area contributed by atoms with Crippen LogP contribution in [0.5, 0.6) is 0 Å². The Morgan fingerprint density at radius 2 is 1.95 bits per heavy atom. The topological polar surface area (TPSA) is 41.6 Å². The molecule has 2 unspecified atom stereocenters. The zero-order chi connectivity index (χ0) is 15.5. The zero-order valence-electron chi connectivity index (χ0n) is 12.9. The van der Waals surface area contributed by atoms with Crippen molar-refractivity contribution in [3.05, 3.63) is 34.3 Å². The number of piperidine rings is 1. The maximum Gasteiger partial charge on any atom is 0.226 e. The van der Waals surface area contributed by atoms with Crippen molar-refractivity contribution in [3.63, 3.8) is 0 Å². The second-order valence-corrected chi connectivity index (χ2v) is 7.06. The van der Waals surface area contributed by atoms with Crippen LogP contribution >= 0.6 is 15.9 Å². The first-order chi connectivity index (χ1) is 10.7. The Hall–Kier alpha value is -0.910. The van der Waals surface area contributed by atoms with Crippen LogP contribution in [-0.2, 0) is 9.53 Å². The summed E-state index contributed by atoms with van der Waals surface area (Å²) in [6, 6.07) is 8.28. The van der Waals surface area contributed by atoms with Crippen LogP contribution in [-0.4, -0.2) is 43.1 Å². The largest absolute Gasteiger partial charge is 0.370 e. The SMILES string of the molecule is CC1C(c2ccc(Br)cc2)OCCN1C(=O)C1CCNCC1. The number of nitrogens with one attached hydrogen (secondary N) is 1. The van der Waals surface area contributed by atoms with Gasteiger partial charge in [0.15, 0.2) is 0 Å². The Morgan fingerprint density at radius 1 is 1.27 bits per heavy atom. The molecule has 2 atom stereocenters. The molecule has 0 saturated carbocycles. The summed E-state index contributed by atoms with van der Waals surface area (Å²) in [6.07, 6.45) is 1.87. The molecule has 22 heavy (non-hydrogen) atoms. The highest BCUT2D eigenvalue weighted by Crippen LogP contribution is 2.31. The minimum Gasteiger partial charge on any atom is -0.370 e. The fourth-order valence-electron chi connectivity index (χ4n) is 3.43. The number of ether oxygens (including phenoxy) is 1. The standard InChI is InChI=1S/C17H23BrN2O2/c1-12-16(13-2-4-15(18)5-3-13)22-11-10-20(12)17(21)14-6-8-19-9-7-14/h2-5,12,14,16,19H,6-11H2,1H3. The molecule has 1 N–H and O–H groups in total. The number of halogens is 1. The molecule has 3 rings (SSSR count). The number of carbonyl (C=O) groups excluding carboxylic acids is 1. The highest BCUT2D eigenvalue weighted by molar-refractivity contribution is 9.10. The number of hydrogen-bond donors (Lipinski definition) is 1. The van der Waals surface area contributed by atoms with E-state index in [1.807, 2.05) is 17.0 Å². The van der Waals surface area contributed by atoms with E-state index >= 15 is 0 Å². The van der Waals surface area contributed by atoms with E-state index in [4.69, 9.17) is 4.74 Å². The van der Waals surface area contributed by atoms with Crippen LogP contribution in [0.1, 0.15) is 31.4 Å². The number of amides is 1. The molecule has 120 valence electrons. The average Bonchev–Trinajstić information content (AvgIpc) is 2.56. The van der Waals surface area contributed by atoms with Crippen LogP contribution in [0, 0.1) is 5.92 Å². The fourth-order valence-corrected chi connectivity index (χ4v) is 3.69. The number of carbonyl (C=O) groups is 1. The predicted octanol–water partition coefficient (Wildman–Crippen LogP) is 2.74. The summed E-state index contributed by atoms with van der Waals surface area (Å²) in [6.45, 7) is 5.32. The summed E-state index contributed by atoms with van der Waals surface area (Å²) in [5.74, 6) is 0.478. The third-order valence-corrected chi connectivity index (χ3v) is 5.26. The first kappa shape index (κ1) is 16.0. The molecule has 2 aliphatic heterocycles. The van der Waals surface area contributed by atoms with E-state index in [9.17, 15) is 4.79 Å². The lowest BCUT2D eigenvalue weighted by Crippen LogP contribution is -2.51. The third kappa shape index (κ3) is 3.36. The van der Waals surface area contributed by atoms with Crippen LogP contribution in [0.2, 0.25) is 0 Å². The predicted molar refractivity (Wildman–Crippen MR) is 89.6 cm³/mol. The van der Waals surface area contributed by atoms with Crippen LogP contribution in [0.15, 0.2) is 28.7 Å². The molecule has 5 heteroatoms. The van der Waals surface area contributed by atoms with Gasteiger partial charge in [-0.2, -0.15) is 0 Å². The maximum absolute atomic E-state index is 12.8. The van der Waals surface area contributed by atoms with Crippen molar-refractivity contribution in [1.82, 2.24) is 10.2 Å². The quantitative estimate of drug-likeness (QED) is 0.874. The molecule has 2 fully saturated rings. The lowest BCUT2D eigenvalue weighted by molar-refractivity contribution is -0.150. The summed E-state index contributed by atoms with van der Waals surface area (Å²) in [5.41, 5.74) is 1.14. The second kappa shape index (κ2) is 7.11. The van der Waals surface area contributed by atoms with Crippen molar-refractivity contribution in [3.8, 4) is 0 Å². The van der Waals surface area contributed by atoms with Crippen LogP contribution in [0.4, 0.5) is 0 Å². The van der Waals surface area contributed by atoms with E-state index in [0.29, 0.717) is 19.1 Å². The van der Waals surface area contributed by atoms with Gasteiger partial charge in [0, 0.05) is 16.9 Å². The van der Waals surface area contributed by atoms with E-state index in [-0.39, 0.29) is 18.1 Å². The van der Waals surface area contributed by atoms with Gasteiger partial charge >= 0.3 is 0 Å². The molecule has 0 aliphatic carbocycles. The molecule has 0 radical (unpaired) electrons. The molecule has 2 heterocycles. The van der Waals surface area contributed by atoms with Crippen molar-refractivity contribution in [2.75, 3.05) is 26.2 Å². The molecule has 2 saturated heterocycles. The number of morpholine rings is 1. The molecule has 1 amide bonds. The summed E-state index contributed by atoms with van der Waals surface area (Å²) >= 11 is 3.46. The minimum absolute atomic E-state index is 0.0347. The second-order valence-electron chi connectivity index (χ2n) is 6.14. The van der Waals surface area contributed by atoms with Crippen LogP contribution < -0.4 is 5.32 Å². The van der Waals surface area contributed by atoms with Gasteiger partial charge in [-0.1, -0.05) is 28.1 Å². The monoisotopic (exact) mass is 366 g/mol. The summed E-state index contributed by atoms with van der Waals surface area (Å²) < 4.78 is 7.02. The molecular formula is C17H23BrN2O2. The molecule has 0 spiro atoms. The summed E-state index contributed by atoms with van der Waals surface area (Å²) in [4.78, 5) is 14.9. The lowest BCUT2D eigenvalue weighted by Gasteiger charge is -2.41. The van der Waals surface area contributed by atoms with Crippen molar-refractivity contribution in [2.24, 2.45) is 5.92 Å². The smallest absolute Gasteiger partial charge is 0.226 e. The van der Waals surface area contributed by atoms with E-state index in [2.05, 4.69) is 40.3 Å². The summed E-state index contributed by atoms with van der Waals surface area (Å²) in [5, 5.41) is 3.32. The Bertz CT molecular complexity index is 514. The molecule has 0 bridgehead atoms. The van der Waals surface area contributed by atoms with Crippen LogP contribution in [0.25, 0.3) is 0 Å². The van der Waals surface area contributed by atoms with Gasteiger partial charge in [0.25, 0.3) is 0 Å². The molecule has 1 aromatic rings. The van der Waals surface area contributed by atoms with Gasteiger partial charge in [-0.05, 0) is 50.6 Å². The fraction of sp³-hybridized carbons (Fsp3) is 0.588. The Morgan fingerprint density at radius 3 is 2.64 bits per heavy atom. The Labute approximate surface area is 140 Å². The third-order valence-electron chi connectivity index (χ3n) is 4.73. The van der Waals surface area contributed by atoms with Gasteiger partial charge in [0.05, 0.1) is 12.6 Å². The Balaban J connectivity index is 1.73. The van der Waals surface area contributed by atoms with Crippen molar-refractivity contribution < 1.29 is 9.53 Å². The molecule has 1 aromatic carbocycles. The molecular weight excluding hydrogens is 344 g/mol. The number of nitrogens with zero attached hydrogens (tertiary/aromatic N) is 1. The number of hydrogen-bond acceptors (Lipinski definition) is 3. The Kier molecular flexibility index (Phi) is 5.16. The van der Waals surface area contributed by atoms with Crippen molar-refractivity contribution in [1.29, 1.82) is 0 Å². The van der Waals surface area contributed by atoms with E-state index < -0.39 is 0 Å². The maximum atomic E-state index is 12.8. The van der Waals surface area contributed by atoms with Crippen LogP contribution in [0.3, 0.4) is 0 Å². The van der Waals surface area contributed by atoms with Gasteiger partial charge in [0.2, 0.25) is 5.91 Å². The van der Waals surface area contributed by atoms with Gasteiger partial charge in [0.1, 0.15) is 6.10 Å². The van der Waals surface area contributed by atoms with Crippen molar-refractivity contribution >= 4 is 21.8 Å². The van der Waals surface area contributed by atoms with Gasteiger partial charge in [-0.25, -0.2) is 0 Å². The van der Waals surface area contributed by atoms with E-state index in [1.54, 1.807) is 0 Å². The molecule has 4 nitrogen and oxygen atoms in total. The summed E-state index contributed by atoms with van der Waals surface area (Å²) in [7, 11) is 0. The minimum atomic E-state index is -0.0347. The van der Waals surface area contributed by atoms with Crippen molar-refractivity contribution in [2.45, 2.75) is 31.9 Å². The first-order valence-electron chi connectivity index (χ1n) is 8.05. The molecule has 0 aromatic heterocycles. The van der Waals surface area contributed by atoms with E-state index in [0.717, 1.165) is 36.0 Å². The van der Waals surface area contributed by atoms with Gasteiger partial charge in [-0.15, -0.1) is 0 Å². The number of benzene rings is 1. The average molecular weight is 367 g/mol. The first-order valence-corrected chi connectivity index (χ1v) is 8.84. The van der Waals surface area contributed by atoms with Gasteiger partial charge in [-0.3, -0.25) is 4.79 Å². The van der Waals surface area contributed by atoms with Gasteiger partial charge < -0.3 is 15.0 Å². The number of rotatable bonds is 2. The highest BCUT2D eigenvalue weighted by atomic mass is 79.9. The lowest BCUT2D eigenvalue weighted by atomic mass is 9.94. The highest BCUT2D eigenvalue weighted by Gasteiger charge is 2.36. The molecule has 2 aliphatic rings. The van der Waals surface area contributed by atoms with E-state index in [1.165, 1.54) is 0 Å².